The van der Waals surface area contributed by atoms with Crippen molar-refractivity contribution in [2.75, 3.05) is 13.1 Å². The van der Waals surface area contributed by atoms with Gasteiger partial charge < -0.3 is 9.80 Å². The Morgan fingerprint density at radius 3 is 1.65 bits per heavy atom. The molecule has 5 fully saturated rings. The van der Waals surface area contributed by atoms with Crippen LogP contribution >= 0.6 is 0 Å². The minimum Gasteiger partial charge on any atom is -0.338 e. The molecule has 2 bridgehead atoms. The Kier molecular flexibility index (Phi) is 2.15. The molecule has 2 amide bonds. The summed E-state index contributed by atoms with van der Waals surface area (Å²) in [4.78, 5) is 30.6. The zero-order valence-corrected chi connectivity index (χ0v) is 12.8. The molecule has 20 heavy (non-hydrogen) atoms. The number of fused-ring (bicyclic) bond motifs is 2. The molecule has 4 heteroatoms. The third kappa shape index (κ3) is 1.12. The van der Waals surface area contributed by atoms with E-state index in [4.69, 9.17) is 0 Å². The third-order valence-corrected chi connectivity index (χ3v) is 6.62. The van der Waals surface area contributed by atoms with Gasteiger partial charge in [0.25, 0.3) is 0 Å². The normalized spacial score (nSPS) is 53.6. The van der Waals surface area contributed by atoms with Gasteiger partial charge in [0.1, 0.15) is 0 Å². The number of hydrogen-bond donors (Lipinski definition) is 0. The van der Waals surface area contributed by atoms with E-state index in [1.165, 1.54) is 0 Å². The van der Waals surface area contributed by atoms with Crippen molar-refractivity contribution < 1.29 is 9.59 Å². The van der Waals surface area contributed by atoms with E-state index in [9.17, 15) is 9.59 Å². The summed E-state index contributed by atoms with van der Waals surface area (Å²) in [7, 11) is 0. The highest BCUT2D eigenvalue weighted by molar-refractivity contribution is 6.00. The predicted octanol–water partition coefficient (Wildman–Crippen LogP) is 1.50. The lowest BCUT2D eigenvalue weighted by Crippen LogP contribution is -2.67. The van der Waals surface area contributed by atoms with Gasteiger partial charge in [-0.1, -0.05) is 13.8 Å². The molecule has 3 saturated heterocycles. The fraction of sp³-hybridized carbons (Fsp3) is 0.875. The molecular weight excluding hydrogens is 252 g/mol. The standard InChI is InChI=1S/C16H24N2O2/c1-9-5-15(9)13(19)17-7-11(3)18(12(4)8-17)14(20)16(15)6-10(16)2/h9-12H,5-8H2,1-4H3. The van der Waals surface area contributed by atoms with E-state index in [1.54, 1.807) is 0 Å². The lowest BCUT2D eigenvalue weighted by molar-refractivity contribution is -0.167. The Morgan fingerprint density at radius 2 is 1.25 bits per heavy atom. The first-order valence-electron chi connectivity index (χ1n) is 7.98. The van der Waals surface area contributed by atoms with Crippen LogP contribution in [0.2, 0.25) is 0 Å². The van der Waals surface area contributed by atoms with Crippen molar-refractivity contribution in [3.63, 3.8) is 0 Å². The van der Waals surface area contributed by atoms with Crippen LogP contribution in [0.25, 0.3) is 0 Å². The Morgan fingerprint density at radius 1 is 0.850 bits per heavy atom. The number of hydrogen-bond acceptors (Lipinski definition) is 2. The van der Waals surface area contributed by atoms with Gasteiger partial charge >= 0.3 is 0 Å². The molecule has 0 N–H and O–H groups in total. The minimum atomic E-state index is -0.370. The van der Waals surface area contributed by atoms with Crippen LogP contribution in [0.5, 0.6) is 0 Å². The predicted molar refractivity (Wildman–Crippen MR) is 74.8 cm³/mol. The first-order valence-corrected chi connectivity index (χ1v) is 7.98. The van der Waals surface area contributed by atoms with Crippen LogP contribution in [0.15, 0.2) is 0 Å². The van der Waals surface area contributed by atoms with Gasteiger partial charge in [0.05, 0.1) is 10.8 Å². The van der Waals surface area contributed by atoms with Crippen molar-refractivity contribution in [2.24, 2.45) is 22.7 Å². The van der Waals surface area contributed by atoms with Crippen molar-refractivity contribution in [2.45, 2.75) is 52.6 Å². The van der Waals surface area contributed by atoms with Gasteiger partial charge in [-0.05, 0) is 38.5 Å². The number of carbonyl (C=O) groups excluding carboxylic acids is 2. The molecule has 3 heterocycles. The molecule has 2 aliphatic carbocycles. The summed E-state index contributed by atoms with van der Waals surface area (Å²) in [6, 6.07) is 0.317. The van der Waals surface area contributed by atoms with Crippen LogP contribution in [-0.2, 0) is 9.59 Å². The Bertz CT molecular complexity index is 507. The topological polar surface area (TPSA) is 40.6 Å². The molecule has 6 unspecified atom stereocenters. The number of rotatable bonds is 0. The first-order chi connectivity index (χ1) is 9.36. The van der Waals surface area contributed by atoms with Crippen LogP contribution < -0.4 is 0 Å². The summed E-state index contributed by atoms with van der Waals surface area (Å²) < 4.78 is 0. The average molecular weight is 276 g/mol. The Balaban J connectivity index is 1.87. The van der Waals surface area contributed by atoms with Crippen LogP contribution in [0.3, 0.4) is 0 Å². The fourth-order valence-electron chi connectivity index (χ4n) is 5.47. The molecule has 2 spiro atoms. The van der Waals surface area contributed by atoms with E-state index in [1.807, 2.05) is 0 Å². The maximum Gasteiger partial charge on any atom is 0.230 e. The molecule has 3 aliphatic heterocycles. The molecule has 6 atom stereocenters. The van der Waals surface area contributed by atoms with E-state index in [0.717, 1.165) is 12.8 Å². The van der Waals surface area contributed by atoms with Crippen LogP contribution in [0, 0.1) is 22.7 Å². The maximum atomic E-state index is 13.3. The second-order valence-electron chi connectivity index (χ2n) is 7.77. The molecule has 5 aliphatic rings. The van der Waals surface area contributed by atoms with Gasteiger partial charge in [-0.2, -0.15) is 0 Å². The summed E-state index contributed by atoms with van der Waals surface area (Å²) >= 11 is 0. The average Bonchev–Trinajstić information content (AvgIpc) is 3.23. The maximum absolute atomic E-state index is 13.3. The number of piperazine rings is 1. The molecule has 2 saturated carbocycles. The Labute approximate surface area is 120 Å². The zero-order chi connectivity index (χ0) is 14.4. The van der Waals surface area contributed by atoms with E-state index in [-0.39, 0.29) is 34.7 Å². The molecular formula is C16H24N2O2. The van der Waals surface area contributed by atoms with Crippen molar-refractivity contribution in [3.05, 3.63) is 0 Å². The minimum absolute atomic E-state index is 0.159. The fourth-order valence-corrected chi connectivity index (χ4v) is 5.47. The quantitative estimate of drug-likeness (QED) is 0.673. The zero-order valence-electron chi connectivity index (χ0n) is 12.8. The van der Waals surface area contributed by atoms with Crippen LogP contribution in [-0.4, -0.2) is 46.8 Å². The second kappa shape index (κ2) is 3.40. The highest BCUT2D eigenvalue weighted by Gasteiger charge is 2.82. The summed E-state index contributed by atoms with van der Waals surface area (Å²) in [5.41, 5.74) is -0.729. The smallest absolute Gasteiger partial charge is 0.230 e. The van der Waals surface area contributed by atoms with Crippen molar-refractivity contribution in [3.8, 4) is 0 Å². The molecule has 5 rings (SSSR count). The lowest BCUT2D eigenvalue weighted by Gasteiger charge is -2.51. The SMILES string of the molecule is CC1CN2CC(C)N1C(=O)C1(CC1C)C1(CC1C)C2=O. The van der Waals surface area contributed by atoms with Crippen molar-refractivity contribution >= 4 is 11.8 Å². The van der Waals surface area contributed by atoms with Crippen LogP contribution in [0.1, 0.15) is 40.5 Å². The third-order valence-electron chi connectivity index (χ3n) is 6.62. The van der Waals surface area contributed by atoms with Crippen LogP contribution in [0.4, 0.5) is 0 Å². The van der Waals surface area contributed by atoms with E-state index < -0.39 is 0 Å². The number of amides is 2. The largest absolute Gasteiger partial charge is 0.338 e. The summed E-state index contributed by atoms with van der Waals surface area (Å²) in [5.74, 6) is 1.29. The molecule has 0 aromatic rings. The van der Waals surface area contributed by atoms with Gasteiger partial charge in [0.15, 0.2) is 0 Å². The lowest BCUT2D eigenvalue weighted by atomic mass is 9.76. The van der Waals surface area contributed by atoms with Crippen molar-refractivity contribution in [1.29, 1.82) is 0 Å². The highest BCUT2D eigenvalue weighted by Crippen LogP contribution is 2.77. The molecule has 0 aromatic heterocycles. The van der Waals surface area contributed by atoms with E-state index in [2.05, 4.69) is 37.5 Å². The molecule has 0 aromatic carbocycles. The highest BCUT2D eigenvalue weighted by atomic mass is 16.2. The van der Waals surface area contributed by atoms with Gasteiger partial charge in [0, 0.05) is 25.2 Å². The van der Waals surface area contributed by atoms with Crippen molar-refractivity contribution in [1.82, 2.24) is 9.80 Å². The first kappa shape index (κ1) is 12.7. The van der Waals surface area contributed by atoms with E-state index >= 15 is 0 Å². The molecule has 4 nitrogen and oxygen atoms in total. The van der Waals surface area contributed by atoms with E-state index in [0.29, 0.717) is 24.9 Å². The number of carbonyl (C=O) groups is 2. The molecule has 0 radical (unpaired) electrons. The van der Waals surface area contributed by atoms with Gasteiger partial charge in [-0.15, -0.1) is 0 Å². The second-order valence-corrected chi connectivity index (χ2v) is 7.77. The molecule has 110 valence electrons. The van der Waals surface area contributed by atoms with Gasteiger partial charge in [0.2, 0.25) is 11.8 Å². The number of nitrogens with zero attached hydrogens (tertiary/aromatic N) is 2. The Hall–Kier alpha value is -1.06. The summed E-state index contributed by atoms with van der Waals surface area (Å²) in [6.45, 7) is 9.91. The monoisotopic (exact) mass is 276 g/mol. The summed E-state index contributed by atoms with van der Waals surface area (Å²) in [5, 5.41) is 0. The van der Waals surface area contributed by atoms with Gasteiger partial charge in [-0.25, -0.2) is 0 Å². The van der Waals surface area contributed by atoms with Gasteiger partial charge in [-0.3, -0.25) is 9.59 Å². The summed E-state index contributed by atoms with van der Waals surface area (Å²) in [6.07, 6.45) is 1.82.